The second-order valence-corrected chi connectivity index (χ2v) is 3.52. The molecule has 4 bridgehead atoms. The molecule has 2 atom stereocenters. The minimum absolute atomic E-state index is 1.01. The summed E-state index contributed by atoms with van der Waals surface area (Å²) in [4.78, 5) is 0. The summed E-state index contributed by atoms with van der Waals surface area (Å²) >= 11 is 0. The van der Waals surface area contributed by atoms with Crippen LogP contribution in [0, 0.1) is 23.7 Å². The van der Waals surface area contributed by atoms with Gasteiger partial charge in [0.2, 0.25) is 0 Å². The van der Waals surface area contributed by atoms with Gasteiger partial charge >= 0.3 is 0 Å². The SMILES string of the molecule is C1=CC2C3CC1CC23. The average molecular weight is 106 g/mol. The van der Waals surface area contributed by atoms with E-state index in [1.54, 1.807) is 0 Å². The third-order valence-corrected chi connectivity index (χ3v) is 3.15. The summed E-state index contributed by atoms with van der Waals surface area (Å²) in [6.45, 7) is 0. The van der Waals surface area contributed by atoms with Gasteiger partial charge in [-0.1, -0.05) is 12.2 Å². The maximum Gasteiger partial charge on any atom is -0.0171 e. The highest BCUT2D eigenvalue weighted by molar-refractivity contribution is 5.21. The molecule has 0 radical (unpaired) electrons. The van der Waals surface area contributed by atoms with Gasteiger partial charge in [0.15, 0.2) is 0 Å². The molecule has 0 aromatic heterocycles. The zero-order valence-electron chi connectivity index (χ0n) is 4.88. The van der Waals surface area contributed by atoms with Gasteiger partial charge in [0.25, 0.3) is 0 Å². The van der Waals surface area contributed by atoms with Gasteiger partial charge < -0.3 is 0 Å². The standard InChI is InChI=1S/C8H10/c1-2-6-7-3-5(1)4-8(6)7/h1-2,5-8H,3-4H2. The van der Waals surface area contributed by atoms with Crippen LogP contribution in [0.2, 0.25) is 0 Å². The van der Waals surface area contributed by atoms with Gasteiger partial charge in [-0.25, -0.2) is 0 Å². The monoisotopic (exact) mass is 106 g/mol. The van der Waals surface area contributed by atoms with E-state index in [-0.39, 0.29) is 0 Å². The molecule has 0 aromatic rings. The summed E-state index contributed by atoms with van der Waals surface area (Å²) in [5.74, 6) is 4.38. The second kappa shape index (κ2) is 0.896. The zero-order chi connectivity index (χ0) is 5.14. The summed E-state index contributed by atoms with van der Waals surface area (Å²) in [6, 6.07) is 0. The molecule has 0 heterocycles. The largest absolute Gasteiger partial charge is 0.0851 e. The van der Waals surface area contributed by atoms with E-state index >= 15 is 0 Å². The molecule has 0 amide bonds. The summed E-state index contributed by atoms with van der Waals surface area (Å²) in [7, 11) is 0. The summed E-state index contributed by atoms with van der Waals surface area (Å²) in [5, 5.41) is 0. The molecule has 8 heavy (non-hydrogen) atoms. The van der Waals surface area contributed by atoms with E-state index in [0.717, 1.165) is 23.7 Å². The Bertz CT molecular complexity index is 141. The van der Waals surface area contributed by atoms with Crippen molar-refractivity contribution in [3.8, 4) is 0 Å². The molecule has 0 nitrogen and oxygen atoms in total. The first-order chi connectivity index (χ1) is 3.95. The average Bonchev–Trinajstić information content (AvgIpc) is 2.38. The van der Waals surface area contributed by atoms with Crippen LogP contribution in [0.3, 0.4) is 0 Å². The fourth-order valence-corrected chi connectivity index (χ4v) is 2.66. The van der Waals surface area contributed by atoms with Crippen LogP contribution < -0.4 is 0 Å². The molecular weight excluding hydrogens is 96.1 g/mol. The molecule has 0 aromatic carbocycles. The quantitative estimate of drug-likeness (QED) is 0.413. The molecule has 0 N–H and O–H groups in total. The van der Waals surface area contributed by atoms with E-state index in [9.17, 15) is 0 Å². The Balaban J connectivity index is 2.15. The van der Waals surface area contributed by atoms with Gasteiger partial charge in [0, 0.05) is 0 Å². The highest BCUT2D eigenvalue weighted by Crippen LogP contribution is 2.63. The first-order valence-electron chi connectivity index (χ1n) is 3.63. The Morgan fingerprint density at radius 2 is 1.75 bits per heavy atom. The van der Waals surface area contributed by atoms with Crippen molar-refractivity contribution in [2.75, 3.05) is 0 Å². The van der Waals surface area contributed by atoms with E-state index in [0.29, 0.717) is 0 Å². The summed E-state index contributed by atoms with van der Waals surface area (Å²) in [5.41, 5.74) is 0. The van der Waals surface area contributed by atoms with Gasteiger partial charge in [-0.2, -0.15) is 0 Å². The van der Waals surface area contributed by atoms with Gasteiger partial charge in [0.05, 0.1) is 0 Å². The van der Waals surface area contributed by atoms with Gasteiger partial charge in [-0.05, 0) is 36.5 Å². The molecule has 2 saturated carbocycles. The highest BCUT2D eigenvalue weighted by atomic mass is 14.6. The Hall–Kier alpha value is -0.260. The van der Waals surface area contributed by atoms with E-state index in [4.69, 9.17) is 0 Å². The van der Waals surface area contributed by atoms with Crippen LogP contribution >= 0.6 is 0 Å². The fraction of sp³-hybridized carbons (Fsp3) is 0.750. The molecule has 0 aliphatic heterocycles. The lowest BCUT2D eigenvalue weighted by Gasteiger charge is -2.12. The molecular formula is C8H10. The van der Waals surface area contributed by atoms with Gasteiger partial charge in [-0.3, -0.25) is 0 Å². The van der Waals surface area contributed by atoms with Crippen molar-refractivity contribution < 1.29 is 0 Å². The minimum atomic E-state index is 1.01. The normalized spacial score (nSPS) is 64.0. The van der Waals surface area contributed by atoms with Crippen LogP contribution in [0.4, 0.5) is 0 Å². The summed E-state index contributed by atoms with van der Waals surface area (Å²) < 4.78 is 0. The van der Waals surface area contributed by atoms with Gasteiger partial charge in [0.1, 0.15) is 0 Å². The zero-order valence-corrected chi connectivity index (χ0v) is 4.88. The van der Waals surface area contributed by atoms with Crippen molar-refractivity contribution >= 4 is 0 Å². The fourth-order valence-electron chi connectivity index (χ4n) is 2.66. The Morgan fingerprint density at radius 3 is 2.00 bits per heavy atom. The first kappa shape index (κ1) is 3.71. The molecule has 2 fully saturated rings. The van der Waals surface area contributed by atoms with E-state index < -0.39 is 0 Å². The first-order valence-corrected chi connectivity index (χ1v) is 3.63. The molecule has 2 unspecified atom stereocenters. The maximum atomic E-state index is 2.45. The van der Waals surface area contributed by atoms with Crippen molar-refractivity contribution in [2.45, 2.75) is 12.8 Å². The smallest absolute Gasteiger partial charge is 0.0171 e. The lowest BCUT2D eigenvalue weighted by molar-refractivity contribution is 0.519. The maximum absolute atomic E-state index is 2.45. The lowest BCUT2D eigenvalue weighted by Crippen LogP contribution is -2.01. The molecule has 4 aliphatic carbocycles. The van der Waals surface area contributed by atoms with Crippen molar-refractivity contribution in [1.29, 1.82) is 0 Å². The Kier molecular flexibility index (Phi) is 0.415. The topological polar surface area (TPSA) is 0 Å². The predicted molar refractivity (Wildman–Crippen MR) is 32.3 cm³/mol. The van der Waals surface area contributed by atoms with Crippen molar-refractivity contribution in [3.63, 3.8) is 0 Å². The lowest BCUT2D eigenvalue weighted by atomic mass is 9.93. The van der Waals surface area contributed by atoms with E-state index in [1.807, 2.05) is 0 Å². The number of allylic oxidation sites excluding steroid dienone is 2. The number of hydrogen-bond donors (Lipinski definition) is 0. The van der Waals surface area contributed by atoms with E-state index in [1.165, 1.54) is 12.8 Å². The molecule has 42 valence electrons. The molecule has 4 rings (SSSR count). The molecule has 4 aliphatic rings. The molecule has 0 saturated heterocycles. The summed E-state index contributed by atoms with van der Waals surface area (Å²) in [6.07, 6.45) is 7.95. The molecule has 0 spiro atoms. The van der Waals surface area contributed by atoms with E-state index in [2.05, 4.69) is 12.2 Å². The van der Waals surface area contributed by atoms with Crippen LogP contribution in [-0.2, 0) is 0 Å². The van der Waals surface area contributed by atoms with Gasteiger partial charge in [-0.15, -0.1) is 0 Å². The number of hydrogen-bond acceptors (Lipinski definition) is 0. The van der Waals surface area contributed by atoms with Crippen LogP contribution in [0.5, 0.6) is 0 Å². The van der Waals surface area contributed by atoms with Crippen LogP contribution in [-0.4, -0.2) is 0 Å². The third kappa shape index (κ3) is 0.249. The third-order valence-electron chi connectivity index (χ3n) is 3.15. The van der Waals surface area contributed by atoms with Crippen LogP contribution in [0.1, 0.15) is 12.8 Å². The second-order valence-electron chi connectivity index (χ2n) is 3.52. The van der Waals surface area contributed by atoms with Crippen molar-refractivity contribution in [3.05, 3.63) is 12.2 Å². The Labute approximate surface area is 49.6 Å². The van der Waals surface area contributed by atoms with Crippen LogP contribution in [0.15, 0.2) is 12.2 Å². The highest BCUT2D eigenvalue weighted by Gasteiger charge is 2.56. The predicted octanol–water partition coefficient (Wildman–Crippen LogP) is 1.83. The number of rotatable bonds is 0. The molecule has 0 heteroatoms. The van der Waals surface area contributed by atoms with Crippen molar-refractivity contribution in [1.82, 2.24) is 0 Å². The van der Waals surface area contributed by atoms with Crippen molar-refractivity contribution in [2.24, 2.45) is 23.7 Å². The Morgan fingerprint density at radius 1 is 1.00 bits per heavy atom. The van der Waals surface area contributed by atoms with Crippen LogP contribution in [0.25, 0.3) is 0 Å². The minimum Gasteiger partial charge on any atom is -0.0851 e.